The summed E-state index contributed by atoms with van der Waals surface area (Å²) in [5.41, 5.74) is 1.41. The summed E-state index contributed by atoms with van der Waals surface area (Å²) < 4.78 is 11.9. The molecule has 1 heterocycles. The maximum absolute atomic E-state index is 13.1. The molecule has 1 atom stereocenters. The Labute approximate surface area is 162 Å². The molecule has 0 aliphatic rings. The molecule has 0 aliphatic heterocycles. The molecule has 138 valence electrons. The number of fused-ring (bicyclic) bond motifs is 1. The van der Waals surface area contributed by atoms with Gasteiger partial charge in [-0.25, -0.2) is 0 Å². The van der Waals surface area contributed by atoms with Crippen LogP contribution in [-0.2, 0) is 0 Å². The summed E-state index contributed by atoms with van der Waals surface area (Å²) >= 11 is 0. The lowest BCUT2D eigenvalue weighted by atomic mass is 10.1. The molecule has 0 radical (unpaired) electrons. The quantitative estimate of drug-likeness (QED) is 0.458. The maximum atomic E-state index is 13.1. The second kappa shape index (κ2) is 7.53. The Balaban J connectivity index is 1.82. The minimum Gasteiger partial charge on any atom is -0.475 e. The van der Waals surface area contributed by atoms with Crippen molar-refractivity contribution in [1.29, 1.82) is 0 Å². The van der Waals surface area contributed by atoms with Gasteiger partial charge in [-0.2, -0.15) is 0 Å². The van der Waals surface area contributed by atoms with Crippen molar-refractivity contribution in [2.75, 3.05) is 0 Å². The number of ketones is 1. The van der Waals surface area contributed by atoms with Crippen molar-refractivity contribution >= 4 is 16.8 Å². The number of ether oxygens (including phenoxy) is 1. The number of carbonyl (C=O) groups excluding carboxylic acids is 1. The van der Waals surface area contributed by atoms with Crippen molar-refractivity contribution in [3.05, 3.63) is 101 Å². The fourth-order valence-electron chi connectivity index (χ4n) is 3.08. The summed E-state index contributed by atoms with van der Waals surface area (Å²) in [5, 5.41) is 0.413. The summed E-state index contributed by atoms with van der Waals surface area (Å²) in [4.78, 5) is 25.8. The van der Waals surface area contributed by atoms with Crippen LogP contribution in [0.3, 0.4) is 0 Å². The van der Waals surface area contributed by atoms with Gasteiger partial charge in [-0.15, -0.1) is 0 Å². The Morgan fingerprint density at radius 3 is 2.18 bits per heavy atom. The van der Waals surface area contributed by atoms with Crippen LogP contribution in [0.15, 0.2) is 94.1 Å². The highest BCUT2D eigenvalue weighted by Crippen LogP contribution is 2.31. The number of rotatable bonds is 5. The van der Waals surface area contributed by atoms with Crippen LogP contribution in [-0.4, -0.2) is 11.9 Å². The topological polar surface area (TPSA) is 56.5 Å². The van der Waals surface area contributed by atoms with Gasteiger partial charge in [0.1, 0.15) is 5.58 Å². The van der Waals surface area contributed by atoms with E-state index in [0.717, 1.165) is 0 Å². The predicted octanol–water partition coefficient (Wildman–Crippen LogP) is 5.11. The molecule has 4 rings (SSSR count). The second-order valence-electron chi connectivity index (χ2n) is 6.44. The number of benzene rings is 3. The van der Waals surface area contributed by atoms with Gasteiger partial charge in [-0.1, -0.05) is 72.8 Å². The van der Waals surface area contributed by atoms with E-state index >= 15 is 0 Å². The van der Waals surface area contributed by atoms with Gasteiger partial charge >= 0.3 is 0 Å². The highest BCUT2D eigenvalue weighted by Gasteiger charge is 2.23. The number of para-hydroxylation sites is 1. The molecule has 0 spiro atoms. The average molecular weight is 370 g/mol. The lowest BCUT2D eigenvalue weighted by Crippen LogP contribution is -2.26. The second-order valence-corrected chi connectivity index (χ2v) is 6.44. The Kier molecular flexibility index (Phi) is 4.77. The Bertz CT molecular complexity index is 1180. The molecule has 0 amide bonds. The Morgan fingerprint density at radius 1 is 0.857 bits per heavy atom. The van der Waals surface area contributed by atoms with Crippen molar-refractivity contribution in [3.8, 4) is 17.1 Å². The van der Waals surface area contributed by atoms with E-state index in [2.05, 4.69) is 0 Å². The molecule has 4 heteroatoms. The van der Waals surface area contributed by atoms with E-state index in [0.29, 0.717) is 27.9 Å². The molecule has 4 nitrogen and oxygen atoms in total. The predicted molar refractivity (Wildman–Crippen MR) is 109 cm³/mol. The van der Waals surface area contributed by atoms with Crippen LogP contribution in [0.2, 0.25) is 0 Å². The largest absolute Gasteiger partial charge is 0.475 e. The third kappa shape index (κ3) is 3.32. The summed E-state index contributed by atoms with van der Waals surface area (Å²) in [6.07, 6.45) is -0.839. The molecule has 0 bridgehead atoms. The minimum absolute atomic E-state index is 0.0432. The zero-order valence-electron chi connectivity index (χ0n) is 15.3. The van der Waals surface area contributed by atoms with Gasteiger partial charge in [-0.3, -0.25) is 9.59 Å². The molecule has 0 aliphatic carbocycles. The van der Waals surface area contributed by atoms with E-state index < -0.39 is 6.10 Å². The molecule has 0 N–H and O–H groups in total. The van der Waals surface area contributed by atoms with Crippen LogP contribution in [0.25, 0.3) is 22.3 Å². The van der Waals surface area contributed by atoms with Crippen LogP contribution in [0.5, 0.6) is 5.75 Å². The van der Waals surface area contributed by atoms with E-state index in [9.17, 15) is 9.59 Å². The van der Waals surface area contributed by atoms with Crippen molar-refractivity contribution in [2.45, 2.75) is 13.0 Å². The molecule has 0 unspecified atom stereocenters. The molecule has 0 fully saturated rings. The molecule has 0 saturated carbocycles. The summed E-state index contributed by atoms with van der Waals surface area (Å²) in [6, 6.07) is 25.1. The Morgan fingerprint density at radius 2 is 1.46 bits per heavy atom. The number of hydrogen-bond donors (Lipinski definition) is 0. The smallest absolute Gasteiger partial charge is 0.235 e. The van der Waals surface area contributed by atoms with Crippen molar-refractivity contribution in [2.24, 2.45) is 0 Å². The van der Waals surface area contributed by atoms with Crippen LogP contribution in [0.4, 0.5) is 0 Å². The maximum Gasteiger partial charge on any atom is 0.235 e. The van der Waals surface area contributed by atoms with Crippen LogP contribution >= 0.6 is 0 Å². The fourth-order valence-corrected chi connectivity index (χ4v) is 3.08. The molecule has 0 saturated heterocycles. The lowest BCUT2D eigenvalue weighted by molar-refractivity contribution is 0.0815. The average Bonchev–Trinajstić information content (AvgIpc) is 2.76. The monoisotopic (exact) mass is 370 g/mol. The third-order valence-corrected chi connectivity index (χ3v) is 4.51. The molecular formula is C24H18O4. The normalized spacial score (nSPS) is 11.9. The number of Topliss-reactive ketones (excluding diaryl/α,β-unsaturated/α-hetero) is 1. The summed E-state index contributed by atoms with van der Waals surface area (Å²) in [7, 11) is 0. The zero-order valence-corrected chi connectivity index (χ0v) is 15.3. The van der Waals surface area contributed by atoms with Gasteiger partial charge in [0.05, 0.1) is 5.39 Å². The van der Waals surface area contributed by atoms with Crippen molar-refractivity contribution in [3.63, 3.8) is 0 Å². The first-order chi connectivity index (χ1) is 13.6. The zero-order chi connectivity index (χ0) is 19.5. The SMILES string of the molecule is C[C@H](Oc1c(-c2ccccc2)oc2ccccc2c1=O)C(=O)c1ccccc1. The summed E-state index contributed by atoms with van der Waals surface area (Å²) in [5.74, 6) is 0.158. The van der Waals surface area contributed by atoms with E-state index in [1.807, 2.05) is 42.5 Å². The van der Waals surface area contributed by atoms with Crippen molar-refractivity contribution in [1.82, 2.24) is 0 Å². The standard InChI is InChI=1S/C24H18O4/c1-16(21(25)17-10-4-2-5-11-17)27-24-22(26)19-14-8-9-15-20(19)28-23(24)18-12-6-3-7-13-18/h2-16H,1H3/t16-/m0/s1. The van der Waals surface area contributed by atoms with Crippen molar-refractivity contribution < 1.29 is 13.9 Å². The first-order valence-corrected chi connectivity index (χ1v) is 9.02. The van der Waals surface area contributed by atoms with Gasteiger partial charge < -0.3 is 9.15 Å². The van der Waals surface area contributed by atoms with E-state index in [1.54, 1.807) is 49.4 Å². The molecule has 3 aromatic carbocycles. The number of hydrogen-bond acceptors (Lipinski definition) is 4. The van der Waals surface area contributed by atoms with Crippen LogP contribution < -0.4 is 10.2 Å². The summed E-state index contributed by atoms with van der Waals surface area (Å²) in [6.45, 7) is 1.64. The van der Waals surface area contributed by atoms with E-state index in [-0.39, 0.29) is 17.0 Å². The highest BCUT2D eigenvalue weighted by molar-refractivity contribution is 5.99. The molecular weight excluding hydrogens is 352 g/mol. The van der Waals surface area contributed by atoms with Gasteiger partial charge in [-0.05, 0) is 19.1 Å². The van der Waals surface area contributed by atoms with Gasteiger partial charge in [0.2, 0.25) is 17.0 Å². The number of carbonyl (C=O) groups is 1. The highest BCUT2D eigenvalue weighted by atomic mass is 16.5. The lowest BCUT2D eigenvalue weighted by Gasteiger charge is -2.16. The van der Waals surface area contributed by atoms with Gasteiger partial charge in [0.15, 0.2) is 11.9 Å². The Hall–Kier alpha value is -3.66. The van der Waals surface area contributed by atoms with Gasteiger partial charge in [0.25, 0.3) is 0 Å². The minimum atomic E-state index is -0.839. The third-order valence-electron chi connectivity index (χ3n) is 4.51. The van der Waals surface area contributed by atoms with Crippen LogP contribution in [0.1, 0.15) is 17.3 Å². The van der Waals surface area contributed by atoms with Crippen LogP contribution in [0, 0.1) is 0 Å². The van der Waals surface area contributed by atoms with E-state index in [4.69, 9.17) is 9.15 Å². The van der Waals surface area contributed by atoms with E-state index in [1.165, 1.54) is 0 Å². The molecule has 4 aromatic rings. The fraction of sp³-hybridized carbons (Fsp3) is 0.0833. The first kappa shape index (κ1) is 17.7. The van der Waals surface area contributed by atoms with Gasteiger partial charge in [0, 0.05) is 11.1 Å². The molecule has 28 heavy (non-hydrogen) atoms. The first-order valence-electron chi connectivity index (χ1n) is 9.02. The molecule has 1 aromatic heterocycles.